The van der Waals surface area contributed by atoms with Crippen molar-refractivity contribution < 1.29 is 59.8 Å². The number of primary amides is 1. The van der Waals surface area contributed by atoms with Crippen molar-refractivity contribution in [1.82, 2.24) is 0 Å². The molecular weight excluding hydrogens is 674 g/mol. The molecule has 4 fully saturated rings. The number of aliphatic imine (C=N–C) groups is 1. The van der Waals surface area contributed by atoms with Crippen LogP contribution in [0.5, 0.6) is 0 Å². The van der Waals surface area contributed by atoms with Crippen LogP contribution in [0.1, 0.15) is 91.4 Å². The highest BCUT2D eigenvalue weighted by atomic mass is 16.7. The third kappa shape index (κ3) is 9.56. The highest BCUT2D eigenvalue weighted by Crippen LogP contribution is 2.45. The molecule has 0 aromatic heterocycles. The largest absolute Gasteiger partial charge is 0.547 e. The fourth-order valence-electron chi connectivity index (χ4n) is 9.43. The molecular formula is C38H63N3O11+2. The van der Waals surface area contributed by atoms with Crippen LogP contribution in [0.15, 0.2) is 16.6 Å². The Morgan fingerprint density at radius 2 is 1.85 bits per heavy atom. The average molecular weight is 738 g/mol. The number of aliphatic hydroxyl groups is 7. The first-order valence-corrected chi connectivity index (χ1v) is 19.5. The smallest absolute Gasteiger partial charge is 0.297 e. The van der Waals surface area contributed by atoms with Gasteiger partial charge in [-0.15, -0.1) is 4.99 Å². The molecule has 6 unspecified atom stereocenters. The number of carboxylic acids is 1. The summed E-state index contributed by atoms with van der Waals surface area (Å²) in [6.07, 6.45) is 0.877. The Morgan fingerprint density at radius 3 is 2.48 bits per heavy atom. The molecule has 294 valence electrons. The van der Waals surface area contributed by atoms with Crippen molar-refractivity contribution in [3.8, 4) is 0 Å². The van der Waals surface area contributed by atoms with Crippen molar-refractivity contribution in [2.24, 2.45) is 46.2 Å². The van der Waals surface area contributed by atoms with Crippen LogP contribution in [0.2, 0.25) is 0 Å². The van der Waals surface area contributed by atoms with Crippen molar-refractivity contribution in [2.75, 3.05) is 13.1 Å². The van der Waals surface area contributed by atoms with Crippen LogP contribution in [-0.2, 0) is 19.1 Å². The molecule has 2 aliphatic carbocycles. The van der Waals surface area contributed by atoms with E-state index in [0.717, 1.165) is 31.3 Å². The Bertz CT molecular complexity index is 1260. The molecule has 14 heteroatoms. The van der Waals surface area contributed by atoms with Crippen LogP contribution in [0.4, 0.5) is 0 Å². The Hall–Kier alpha value is -2.14. The second-order valence-corrected chi connectivity index (χ2v) is 16.7. The molecule has 5 rings (SSSR count). The van der Waals surface area contributed by atoms with Gasteiger partial charge in [-0.1, -0.05) is 40.0 Å². The molecule has 0 spiro atoms. The van der Waals surface area contributed by atoms with Gasteiger partial charge in [-0.05, 0) is 56.3 Å². The highest BCUT2D eigenvalue weighted by Gasteiger charge is 2.60. The number of carbonyl (C=O) groups is 2. The lowest BCUT2D eigenvalue weighted by Gasteiger charge is -2.50. The van der Waals surface area contributed by atoms with Crippen molar-refractivity contribution in [1.29, 1.82) is 0 Å². The summed E-state index contributed by atoms with van der Waals surface area (Å²) in [6, 6.07) is 0. The predicted octanol–water partition coefficient (Wildman–Crippen LogP) is -1.40. The Morgan fingerprint density at radius 1 is 1.12 bits per heavy atom. The topological polar surface area (TPSA) is 245 Å². The zero-order valence-corrected chi connectivity index (χ0v) is 30.9. The van der Waals surface area contributed by atoms with Crippen LogP contribution >= 0.6 is 0 Å². The third-order valence-electron chi connectivity index (χ3n) is 12.6. The zero-order chi connectivity index (χ0) is 37.7. The number of nitrogens with two attached hydrogens (primary N) is 2. The monoisotopic (exact) mass is 737 g/mol. The van der Waals surface area contributed by atoms with Crippen LogP contribution in [0, 0.1) is 42.1 Å². The number of carbonyl (C=O) groups excluding carboxylic acids is 2. The normalized spacial score (nSPS) is 40.4. The molecule has 10 N–H and O–H groups in total. The summed E-state index contributed by atoms with van der Waals surface area (Å²) in [5.41, 5.74) is 4.75. The molecule has 0 radical (unpaired) electrons. The number of aliphatic carboxylic acids is 1. The summed E-state index contributed by atoms with van der Waals surface area (Å²) in [4.78, 5) is 28.8. The maximum absolute atomic E-state index is 12.7. The minimum Gasteiger partial charge on any atom is -0.547 e. The van der Waals surface area contributed by atoms with E-state index in [2.05, 4.69) is 25.8 Å². The maximum atomic E-state index is 12.7. The molecule has 52 heavy (non-hydrogen) atoms. The number of ether oxygens (including phenoxy) is 3. The number of amides is 1. The van der Waals surface area contributed by atoms with Crippen molar-refractivity contribution >= 4 is 18.1 Å². The molecule has 13 atom stereocenters. The van der Waals surface area contributed by atoms with Gasteiger partial charge < -0.3 is 60.7 Å². The number of hydrogen-bond donors (Lipinski definition) is 7. The third-order valence-corrected chi connectivity index (χ3v) is 12.6. The average Bonchev–Trinajstić information content (AvgIpc) is 3.61. The van der Waals surface area contributed by atoms with Crippen molar-refractivity contribution in [2.45, 2.75) is 152 Å². The lowest BCUT2D eigenvalue weighted by Crippen LogP contribution is -2.93. The van der Waals surface area contributed by atoms with Crippen LogP contribution in [0.3, 0.4) is 0 Å². The number of aliphatic hydroxyl groups excluding tert-OH is 4. The molecule has 0 aromatic rings. The summed E-state index contributed by atoms with van der Waals surface area (Å²) in [5.74, 6) is -1.89. The van der Waals surface area contributed by atoms with E-state index in [1.807, 2.05) is 17.6 Å². The molecule has 2 saturated heterocycles. The van der Waals surface area contributed by atoms with E-state index in [-0.39, 0.29) is 36.8 Å². The molecule has 2 saturated carbocycles. The van der Waals surface area contributed by atoms with Crippen LogP contribution in [-0.4, -0.2) is 122 Å². The van der Waals surface area contributed by atoms with Gasteiger partial charge in [0, 0.05) is 18.8 Å². The summed E-state index contributed by atoms with van der Waals surface area (Å²) >= 11 is 0. The first kappa shape index (κ1) is 41.0. The second kappa shape index (κ2) is 18.0. The SMILES string of the molecule is CC(C)CCC[C@H](C)[C@H](C[NH2+]C[C@@]1(O)[C@H](OC2CCC3C(C2)[OH+]C(C(N)=O)C(C2CCC(O)CC2)C3O)O[C@H](C(=O)[O-])[C@@H](O)[C@@H]1O)CC1=C[CH+]N=C1. The lowest BCUT2D eigenvalue weighted by atomic mass is 9.66. The summed E-state index contributed by atoms with van der Waals surface area (Å²) < 4.78 is 16.8. The van der Waals surface area contributed by atoms with Gasteiger partial charge in [-0.2, -0.15) is 0 Å². The fourth-order valence-corrected chi connectivity index (χ4v) is 9.43. The van der Waals surface area contributed by atoms with Crippen molar-refractivity contribution in [3.63, 3.8) is 0 Å². The first-order valence-electron chi connectivity index (χ1n) is 19.5. The molecule has 3 aliphatic heterocycles. The molecule has 0 aromatic carbocycles. The van der Waals surface area contributed by atoms with E-state index in [0.29, 0.717) is 56.9 Å². The number of hydrogen-bond acceptors (Lipinski definition) is 11. The number of fused-ring (bicyclic) bond motifs is 1. The van der Waals surface area contributed by atoms with Crippen LogP contribution in [0.25, 0.3) is 0 Å². The van der Waals surface area contributed by atoms with E-state index in [1.165, 1.54) is 0 Å². The second-order valence-electron chi connectivity index (χ2n) is 16.7. The standard InChI is InChI=1S/C38H61N3O11/c1-20(2)5-4-6-21(3)24(15-22-13-14-40-17-22)18-41-19-38(49)34(45)31(44)33(36(47)48)52-37(38)50-26-11-12-27-28(16-26)51-32(35(39)46)29(30(27)43)23-7-9-25(42)10-8-23/h13-14,17,20-21,23-34,37,41-45,49H,4-12,15-16,18-19H2,1-3H3,(H2-,39,46,47,48)/p+2/t21-,23?,24-,25?,26?,27?,28?,29?,30?,31+,32?,33-,34-,37+,38-/m0/s1. The van der Waals surface area contributed by atoms with Crippen LogP contribution < -0.4 is 16.2 Å². The number of allylic oxidation sites excluding steroid dienone is 1. The number of carboxylic acid groups (broad SMARTS) is 1. The highest BCUT2D eigenvalue weighted by molar-refractivity contribution is 5.82. The Labute approximate surface area is 307 Å². The van der Waals surface area contributed by atoms with Gasteiger partial charge in [0.2, 0.25) is 6.10 Å². The van der Waals surface area contributed by atoms with E-state index in [1.54, 1.807) is 6.54 Å². The fraction of sp³-hybridized carbons (Fsp3) is 0.842. The molecule has 14 nitrogen and oxygen atoms in total. The first-order chi connectivity index (χ1) is 24.7. The minimum atomic E-state index is -2.19. The van der Waals surface area contributed by atoms with E-state index in [9.17, 15) is 40.2 Å². The Balaban J connectivity index is 1.27. The molecule has 5 aliphatic rings. The summed E-state index contributed by atoms with van der Waals surface area (Å²) in [7, 11) is 0. The zero-order valence-electron chi connectivity index (χ0n) is 30.9. The summed E-state index contributed by atoms with van der Waals surface area (Å²) in [6.45, 7) is 8.83. The molecule has 0 bridgehead atoms. The van der Waals surface area contributed by atoms with Gasteiger partial charge in [0.15, 0.2) is 24.2 Å². The predicted molar refractivity (Wildman–Crippen MR) is 188 cm³/mol. The van der Waals surface area contributed by atoms with Gasteiger partial charge >= 0.3 is 0 Å². The number of quaternary nitrogens is 1. The lowest BCUT2D eigenvalue weighted by molar-refractivity contribution is -0.680. The maximum Gasteiger partial charge on any atom is 0.297 e. The van der Waals surface area contributed by atoms with Gasteiger partial charge in [-0.25, -0.2) is 0 Å². The van der Waals surface area contributed by atoms with Gasteiger partial charge in [0.25, 0.3) is 5.91 Å². The van der Waals surface area contributed by atoms with E-state index < -0.39 is 72.4 Å². The van der Waals surface area contributed by atoms with Gasteiger partial charge in [0.05, 0.1) is 48.7 Å². The molecule has 3 heterocycles. The van der Waals surface area contributed by atoms with E-state index >= 15 is 0 Å². The van der Waals surface area contributed by atoms with Crippen molar-refractivity contribution in [3.05, 3.63) is 18.2 Å². The number of nitrogens with zero attached hydrogens (tertiary/aromatic N) is 1. The van der Waals surface area contributed by atoms with E-state index in [4.69, 9.17) is 19.9 Å². The Kier molecular flexibility index (Phi) is 14.2. The number of rotatable bonds is 16. The van der Waals surface area contributed by atoms with Gasteiger partial charge in [-0.3, -0.25) is 4.79 Å². The van der Waals surface area contributed by atoms with Gasteiger partial charge in [0.1, 0.15) is 37.0 Å². The quantitative estimate of drug-likeness (QED) is 0.0721. The minimum absolute atomic E-state index is 0.00919. The summed E-state index contributed by atoms with van der Waals surface area (Å²) in [5, 5.41) is 69.5. The molecule has 1 amide bonds.